The Morgan fingerprint density at radius 3 is 2.37 bits per heavy atom. The zero-order valence-electron chi connectivity index (χ0n) is 15.6. The van der Waals surface area contributed by atoms with Crippen LogP contribution in [-0.2, 0) is 17.8 Å². The number of hydrogen-bond donors (Lipinski definition) is 3. The van der Waals surface area contributed by atoms with Crippen LogP contribution in [0.15, 0.2) is 53.5 Å². The molecule has 146 valence electrons. The minimum absolute atomic E-state index is 0. The number of halogens is 2. The van der Waals surface area contributed by atoms with Gasteiger partial charge in [-0.3, -0.25) is 9.79 Å². The number of aryl methyl sites for hydroxylation is 1. The first-order valence-corrected chi connectivity index (χ1v) is 8.58. The van der Waals surface area contributed by atoms with Crippen LogP contribution in [0.3, 0.4) is 0 Å². The number of hydrogen-bond acceptors (Lipinski definition) is 2. The summed E-state index contributed by atoms with van der Waals surface area (Å²) in [6.45, 7) is 3.73. The van der Waals surface area contributed by atoms with Gasteiger partial charge in [0.1, 0.15) is 5.82 Å². The maximum atomic E-state index is 13.1. The second-order valence-corrected chi connectivity index (χ2v) is 5.99. The Kier molecular flexibility index (Phi) is 10.4. The molecule has 0 saturated carbocycles. The highest BCUT2D eigenvalue weighted by Gasteiger charge is 2.04. The quantitative estimate of drug-likeness (QED) is 0.245. The number of rotatable bonds is 7. The third-order valence-electron chi connectivity index (χ3n) is 3.80. The Labute approximate surface area is 176 Å². The summed E-state index contributed by atoms with van der Waals surface area (Å²) in [7, 11) is 1.70. The van der Waals surface area contributed by atoms with Crippen molar-refractivity contribution in [2.45, 2.75) is 19.9 Å². The van der Waals surface area contributed by atoms with Gasteiger partial charge in [-0.25, -0.2) is 4.39 Å². The van der Waals surface area contributed by atoms with Crippen molar-refractivity contribution >= 4 is 35.8 Å². The molecular formula is C20H26FIN4O. The first-order chi connectivity index (χ1) is 12.6. The molecule has 0 bridgehead atoms. The van der Waals surface area contributed by atoms with E-state index in [2.05, 4.69) is 52.1 Å². The lowest BCUT2D eigenvalue weighted by molar-refractivity contribution is -0.120. The molecule has 2 aromatic carbocycles. The molecule has 0 fully saturated rings. The Balaban J connectivity index is 0.00000364. The van der Waals surface area contributed by atoms with Gasteiger partial charge in [-0.2, -0.15) is 0 Å². The SMILES string of the molecule is CN=C(NCCNC(=O)Cc1cccc(F)c1)NCc1ccc(C)cc1.I. The number of amides is 1. The number of carbonyl (C=O) groups is 1. The summed E-state index contributed by atoms with van der Waals surface area (Å²) in [5, 5.41) is 9.17. The topological polar surface area (TPSA) is 65.5 Å². The van der Waals surface area contributed by atoms with Crippen LogP contribution in [0.25, 0.3) is 0 Å². The number of nitrogens with one attached hydrogen (secondary N) is 3. The van der Waals surface area contributed by atoms with Crippen molar-refractivity contribution in [3.8, 4) is 0 Å². The molecule has 0 atom stereocenters. The first-order valence-electron chi connectivity index (χ1n) is 8.58. The zero-order valence-corrected chi connectivity index (χ0v) is 17.9. The van der Waals surface area contributed by atoms with Gasteiger partial charge in [0.05, 0.1) is 6.42 Å². The minimum Gasteiger partial charge on any atom is -0.355 e. The van der Waals surface area contributed by atoms with Gasteiger partial charge >= 0.3 is 0 Å². The molecule has 0 aliphatic rings. The van der Waals surface area contributed by atoms with E-state index >= 15 is 0 Å². The van der Waals surface area contributed by atoms with E-state index in [0.717, 1.165) is 0 Å². The van der Waals surface area contributed by atoms with Crippen molar-refractivity contribution in [2.24, 2.45) is 4.99 Å². The van der Waals surface area contributed by atoms with Crippen LogP contribution in [-0.4, -0.2) is 32.0 Å². The minimum atomic E-state index is -0.333. The lowest BCUT2D eigenvalue weighted by Gasteiger charge is -2.12. The highest BCUT2D eigenvalue weighted by Crippen LogP contribution is 2.04. The predicted molar refractivity (Wildman–Crippen MR) is 118 cm³/mol. The van der Waals surface area contributed by atoms with Gasteiger partial charge in [-0.05, 0) is 30.2 Å². The standard InChI is InChI=1S/C20H25FN4O.HI/c1-15-6-8-16(9-7-15)14-25-20(22-2)24-11-10-23-19(26)13-17-4-3-5-18(21)12-17;/h3-9,12H,10-11,13-14H2,1-2H3,(H,23,26)(H2,22,24,25);1H. The Bertz CT molecular complexity index is 750. The Hall–Kier alpha value is -2.16. The van der Waals surface area contributed by atoms with Crippen molar-refractivity contribution in [3.63, 3.8) is 0 Å². The van der Waals surface area contributed by atoms with E-state index in [1.54, 1.807) is 19.2 Å². The van der Waals surface area contributed by atoms with E-state index in [9.17, 15) is 9.18 Å². The predicted octanol–water partition coefficient (Wildman–Crippen LogP) is 2.78. The number of aliphatic imine (C=N–C) groups is 1. The number of guanidine groups is 1. The van der Waals surface area contributed by atoms with Crippen LogP contribution >= 0.6 is 24.0 Å². The smallest absolute Gasteiger partial charge is 0.224 e. The van der Waals surface area contributed by atoms with Crippen molar-refractivity contribution < 1.29 is 9.18 Å². The maximum Gasteiger partial charge on any atom is 0.224 e. The van der Waals surface area contributed by atoms with E-state index in [-0.39, 0.29) is 42.1 Å². The molecule has 0 aliphatic carbocycles. The lowest BCUT2D eigenvalue weighted by atomic mass is 10.1. The highest BCUT2D eigenvalue weighted by atomic mass is 127. The summed E-state index contributed by atoms with van der Waals surface area (Å²) < 4.78 is 13.1. The fraction of sp³-hybridized carbons (Fsp3) is 0.300. The van der Waals surface area contributed by atoms with Crippen molar-refractivity contribution in [1.82, 2.24) is 16.0 Å². The summed E-state index contributed by atoms with van der Waals surface area (Å²) in [6.07, 6.45) is 0.165. The summed E-state index contributed by atoms with van der Waals surface area (Å²) in [4.78, 5) is 16.0. The van der Waals surface area contributed by atoms with Crippen LogP contribution in [0.4, 0.5) is 4.39 Å². The van der Waals surface area contributed by atoms with Gasteiger partial charge in [-0.15, -0.1) is 24.0 Å². The first kappa shape index (κ1) is 22.9. The molecule has 7 heteroatoms. The molecule has 1 amide bonds. The number of carbonyl (C=O) groups excluding carboxylic acids is 1. The molecule has 0 heterocycles. The van der Waals surface area contributed by atoms with E-state index in [0.29, 0.717) is 31.2 Å². The van der Waals surface area contributed by atoms with Crippen LogP contribution in [0.5, 0.6) is 0 Å². The molecule has 27 heavy (non-hydrogen) atoms. The summed E-state index contributed by atoms with van der Waals surface area (Å²) in [5.74, 6) is 0.199. The van der Waals surface area contributed by atoms with Crippen LogP contribution in [0.1, 0.15) is 16.7 Å². The molecular weight excluding hydrogens is 458 g/mol. The van der Waals surface area contributed by atoms with Crippen LogP contribution in [0.2, 0.25) is 0 Å². The van der Waals surface area contributed by atoms with E-state index in [4.69, 9.17) is 0 Å². The zero-order chi connectivity index (χ0) is 18.8. The molecule has 0 spiro atoms. The summed E-state index contributed by atoms with van der Waals surface area (Å²) in [5.41, 5.74) is 3.05. The van der Waals surface area contributed by atoms with E-state index in [1.165, 1.54) is 23.3 Å². The second-order valence-electron chi connectivity index (χ2n) is 5.99. The lowest BCUT2D eigenvalue weighted by Crippen LogP contribution is -2.41. The van der Waals surface area contributed by atoms with Crippen molar-refractivity contribution in [1.29, 1.82) is 0 Å². The average Bonchev–Trinajstić information content (AvgIpc) is 2.62. The monoisotopic (exact) mass is 484 g/mol. The molecule has 0 unspecified atom stereocenters. The molecule has 0 radical (unpaired) electrons. The van der Waals surface area contributed by atoms with Gasteiger partial charge < -0.3 is 16.0 Å². The molecule has 2 rings (SSSR count). The van der Waals surface area contributed by atoms with Crippen molar-refractivity contribution in [3.05, 3.63) is 71.0 Å². The third-order valence-corrected chi connectivity index (χ3v) is 3.80. The number of benzene rings is 2. The largest absolute Gasteiger partial charge is 0.355 e. The summed E-state index contributed by atoms with van der Waals surface area (Å²) in [6, 6.07) is 14.4. The fourth-order valence-electron chi connectivity index (χ4n) is 2.39. The van der Waals surface area contributed by atoms with Gasteiger partial charge in [0, 0.05) is 26.7 Å². The van der Waals surface area contributed by atoms with E-state index < -0.39 is 0 Å². The Morgan fingerprint density at radius 2 is 1.70 bits per heavy atom. The van der Waals surface area contributed by atoms with Crippen LogP contribution in [0, 0.1) is 12.7 Å². The van der Waals surface area contributed by atoms with Crippen molar-refractivity contribution in [2.75, 3.05) is 20.1 Å². The molecule has 0 aromatic heterocycles. The van der Waals surface area contributed by atoms with Crippen LogP contribution < -0.4 is 16.0 Å². The molecule has 3 N–H and O–H groups in total. The maximum absolute atomic E-state index is 13.1. The Morgan fingerprint density at radius 1 is 1.00 bits per heavy atom. The highest BCUT2D eigenvalue weighted by molar-refractivity contribution is 14.0. The van der Waals surface area contributed by atoms with E-state index in [1.807, 2.05) is 0 Å². The molecule has 0 aliphatic heterocycles. The second kappa shape index (κ2) is 12.3. The summed E-state index contributed by atoms with van der Waals surface area (Å²) >= 11 is 0. The number of nitrogens with zero attached hydrogens (tertiary/aromatic N) is 1. The fourth-order valence-corrected chi connectivity index (χ4v) is 2.39. The normalized spacial score (nSPS) is 10.7. The van der Waals surface area contributed by atoms with Gasteiger partial charge in [-0.1, -0.05) is 42.0 Å². The molecule has 0 saturated heterocycles. The molecule has 5 nitrogen and oxygen atoms in total. The average molecular weight is 484 g/mol. The molecule has 2 aromatic rings. The van der Waals surface area contributed by atoms with Gasteiger partial charge in [0.2, 0.25) is 5.91 Å². The third kappa shape index (κ3) is 8.85. The van der Waals surface area contributed by atoms with Gasteiger partial charge in [0.25, 0.3) is 0 Å². The van der Waals surface area contributed by atoms with Gasteiger partial charge in [0.15, 0.2) is 5.96 Å².